The van der Waals surface area contributed by atoms with Crippen LogP contribution in [0.5, 0.6) is 0 Å². The summed E-state index contributed by atoms with van der Waals surface area (Å²) in [6.07, 6.45) is -0.897. The molecule has 100 valence electrons. The van der Waals surface area contributed by atoms with Gasteiger partial charge in [-0.1, -0.05) is 0 Å². The number of nitrogens with two attached hydrogens (primary N) is 1. The predicted molar refractivity (Wildman–Crippen MR) is 66.9 cm³/mol. The van der Waals surface area contributed by atoms with Crippen LogP contribution < -0.4 is 5.73 Å². The lowest BCUT2D eigenvalue weighted by Gasteiger charge is -2.28. The van der Waals surface area contributed by atoms with Gasteiger partial charge < -0.3 is 20.1 Å². The summed E-state index contributed by atoms with van der Waals surface area (Å²) in [4.78, 5) is 22.1. The molecule has 0 heterocycles. The van der Waals surface area contributed by atoms with Gasteiger partial charge in [0.15, 0.2) is 6.10 Å². The number of ether oxygens (including phenoxy) is 1. The van der Waals surface area contributed by atoms with Gasteiger partial charge >= 0.3 is 11.9 Å². The number of hydrogen-bond donors (Lipinski definition) is 3. The fourth-order valence-electron chi connectivity index (χ4n) is 1.28. The molecule has 0 aliphatic heterocycles. The fraction of sp³-hybridized carbons (Fsp3) is 0.800. The first-order valence-electron chi connectivity index (χ1n) is 5.25. The van der Waals surface area contributed by atoms with Crippen molar-refractivity contribution >= 4 is 24.6 Å². The highest BCUT2D eigenvalue weighted by Gasteiger charge is 2.26. The number of quaternary nitrogens is 1. The third kappa shape index (κ3) is 8.00. The molecule has 0 spiro atoms. The number of rotatable bonds is 7. The van der Waals surface area contributed by atoms with E-state index in [1.165, 1.54) is 0 Å². The van der Waals surface area contributed by atoms with Crippen LogP contribution in [0.3, 0.4) is 0 Å². The van der Waals surface area contributed by atoms with E-state index in [2.05, 4.69) is 12.6 Å². The molecule has 0 saturated carbocycles. The Labute approximate surface area is 107 Å². The molecule has 0 radical (unpaired) electrons. The zero-order valence-corrected chi connectivity index (χ0v) is 11.3. The summed E-state index contributed by atoms with van der Waals surface area (Å²) in [5.41, 5.74) is 5.46. The van der Waals surface area contributed by atoms with Gasteiger partial charge in [0, 0.05) is 5.75 Å². The summed E-state index contributed by atoms with van der Waals surface area (Å²) in [7, 11) is 5.67. The molecule has 0 aromatic rings. The number of esters is 1. The first-order valence-corrected chi connectivity index (χ1v) is 5.88. The van der Waals surface area contributed by atoms with Crippen LogP contribution in [0.1, 0.15) is 6.42 Å². The van der Waals surface area contributed by atoms with Crippen LogP contribution >= 0.6 is 12.6 Å². The molecule has 2 atom stereocenters. The first-order chi connectivity index (χ1) is 7.65. The Morgan fingerprint density at radius 3 is 2.29 bits per heavy atom. The Bertz CT molecular complexity index is 278. The molecule has 3 N–H and O–H groups in total. The third-order valence-electron chi connectivity index (χ3n) is 1.94. The number of carboxylic acid groups (broad SMARTS) is 1. The Balaban J connectivity index is 4.48. The average Bonchev–Trinajstić information content (AvgIpc) is 2.12. The topological polar surface area (TPSA) is 89.6 Å². The van der Waals surface area contributed by atoms with Crippen LogP contribution in [0, 0.1) is 0 Å². The van der Waals surface area contributed by atoms with Gasteiger partial charge in [0.25, 0.3) is 0 Å². The van der Waals surface area contributed by atoms with Gasteiger partial charge in [0.1, 0.15) is 12.6 Å². The minimum absolute atomic E-state index is 0.170. The van der Waals surface area contributed by atoms with E-state index in [1.807, 2.05) is 21.1 Å². The molecule has 0 aliphatic carbocycles. The summed E-state index contributed by atoms with van der Waals surface area (Å²) >= 11 is 3.89. The maximum Gasteiger partial charge on any atom is 0.324 e. The highest BCUT2D eigenvalue weighted by molar-refractivity contribution is 7.80. The van der Waals surface area contributed by atoms with E-state index in [0.717, 1.165) is 0 Å². The number of nitrogens with zero attached hydrogens (tertiary/aromatic N) is 1. The smallest absolute Gasteiger partial charge is 0.324 e. The molecular formula is C10H21N2O4S+. The molecule has 0 aliphatic rings. The number of likely N-dealkylation sites (N-methyl/N-ethyl adjacent to an activating group) is 1. The maximum atomic E-state index is 11.5. The standard InChI is InChI=1S/C10H20N2O4S/c1-12(2,3)5-7(4-9(13)14)16-10(15)8(11)6-17/h7-8H,4-6,11H2,1-3H3,(H-,13,14,17)/p+1/t7?,8-/m0/s1. The van der Waals surface area contributed by atoms with Crippen molar-refractivity contribution in [1.82, 2.24) is 0 Å². The third-order valence-corrected chi connectivity index (χ3v) is 2.33. The molecule has 0 rings (SSSR count). The van der Waals surface area contributed by atoms with Crippen molar-refractivity contribution < 1.29 is 23.9 Å². The minimum atomic E-state index is -1.00. The van der Waals surface area contributed by atoms with Crippen molar-refractivity contribution in [2.24, 2.45) is 5.73 Å². The molecule has 0 saturated heterocycles. The van der Waals surface area contributed by atoms with Crippen molar-refractivity contribution in [1.29, 1.82) is 0 Å². The highest BCUT2D eigenvalue weighted by Crippen LogP contribution is 2.06. The van der Waals surface area contributed by atoms with Crippen molar-refractivity contribution in [2.75, 3.05) is 33.4 Å². The quantitative estimate of drug-likeness (QED) is 0.323. The number of carbonyl (C=O) groups excluding carboxylic acids is 1. The predicted octanol–water partition coefficient (Wildman–Crippen LogP) is -0.664. The van der Waals surface area contributed by atoms with Crippen molar-refractivity contribution in [3.63, 3.8) is 0 Å². The Hall–Kier alpha value is -0.790. The van der Waals surface area contributed by atoms with Gasteiger partial charge in [-0.25, -0.2) is 0 Å². The van der Waals surface area contributed by atoms with E-state index in [1.54, 1.807) is 0 Å². The van der Waals surface area contributed by atoms with Gasteiger partial charge in [-0.3, -0.25) is 9.59 Å². The zero-order valence-electron chi connectivity index (χ0n) is 10.4. The van der Waals surface area contributed by atoms with E-state index in [9.17, 15) is 9.59 Å². The zero-order chi connectivity index (χ0) is 13.6. The summed E-state index contributed by atoms with van der Waals surface area (Å²) < 4.78 is 5.58. The van der Waals surface area contributed by atoms with Gasteiger partial charge in [-0.2, -0.15) is 12.6 Å². The highest BCUT2D eigenvalue weighted by atomic mass is 32.1. The molecule has 0 amide bonds. The number of aliphatic carboxylic acids is 1. The van der Waals surface area contributed by atoms with Crippen LogP contribution in [0.15, 0.2) is 0 Å². The number of carbonyl (C=O) groups is 2. The van der Waals surface area contributed by atoms with Gasteiger partial charge in [0.05, 0.1) is 27.6 Å². The SMILES string of the molecule is C[N+](C)(C)CC(CC(=O)O)OC(=O)[C@@H](N)CS. The van der Waals surface area contributed by atoms with E-state index in [0.29, 0.717) is 11.0 Å². The van der Waals surface area contributed by atoms with Gasteiger partial charge in [-0.05, 0) is 0 Å². The molecule has 0 aromatic heterocycles. The van der Waals surface area contributed by atoms with Crippen LogP contribution in [-0.4, -0.2) is 67.1 Å². The summed E-state index contributed by atoms with van der Waals surface area (Å²) in [6.45, 7) is 0.414. The monoisotopic (exact) mass is 265 g/mol. The van der Waals surface area contributed by atoms with Gasteiger partial charge in [0.2, 0.25) is 0 Å². The average molecular weight is 265 g/mol. The normalized spacial score (nSPS) is 15.1. The van der Waals surface area contributed by atoms with E-state index in [4.69, 9.17) is 15.6 Å². The van der Waals surface area contributed by atoms with Crippen LogP contribution in [-0.2, 0) is 14.3 Å². The Kier molecular flexibility index (Phi) is 6.51. The minimum Gasteiger partial charge on any atom is -0.481 e. The second kappa shape index (κ2) is 6.83. The first kappa shape index (κ1) is 16.2. The van der Waals surface area contributed by atoms with E-state index in [-0.39, 0.29) is 12.2 Å². The van der Waals surface area contributed by atoms with Crippen LogP contribution in [0.25, 0.3) is 0 Å². The van der Waals surface area contributed by atoms with Crippen LogP contribution in [0.2, 0.25) is 0 Å². The van der Waals surface area contributed by atoms with E-state index >= 15 is 0 Å². The molecule has 0 aromatic carbocycles. The maximum absolute atomic E-state index is 11.5. The number of hydrogen-bond acceptors (Lipinski definition) is 5. The van der Waals surface area contributed by atoms with Crippen molar-refractivity contribution in [3.05, 3.63) is 0 Å². The van der Waals surface area contributed by atoms with Crippen molar-refractivity contribution in [2.45, 2.75) is 18.6 Å². The largest absolute Gasteiger partial charge is 0.481 e. The van der Waals surface area contributed by atoms with Crippen molar-refractivity contribution in [3.8, 4) is 0 Å². The Morgan fingerprint density at radius 1 is 1.41 bits per heavy atom. The summed E-state index contributed by atoms with van der Waals surface area (Å²) in [5.74, 6) is -1.45. The molecule has 0 bridgehead atoms. The second-order valence-electron chi connectivity index (χ2n) is 4.92. The fourth-order valence-corrected chi connectivity index (χ4v) is 1.42. The lowest BCUT2D eigenvalue weighted by molar-refractivity contribution is -0.873. The van der Waals surface area contributed by atoms with Crippen LogP contribution in [0.4, 0.5) is 0 Å². The molecule has 6 nitrogen and oxygen atoms in total. The molecule has 1 unspecified atom stereocenters. The number of thiol groups is 1. The summed E-state index contributed by atoms with van der Waals surface area (Å²) in [6, 6.07) is -0.818. The molecular weight excluding hydrogens is 244 g/mol. The Morgan fingerprint density at radius 2 is 1.94 bits per heavy atom. The lowest BCUT2D eigenvalue weighted by Crippen LogP contribution is -2.46. The second-order valence-corrected chi connectivity index (χ2v) is 5.28. The molecule has 17 heavy (non-hydrogen) atoms. The number of carboxylic acids is 1. The summed E-state index contributed by atoms with van der Waals surface area (Å²) in [5, 5.41) is 8.74. The molecule has 7 heteroatoms. The van der Waals surface area contributed by atoms with E-state index < -0.39 is 24.1 Å². The van der Waals surface area contributed by atoms with Gasteiger partial charge in [-0.15, -0.1) is 0 Å². The lowest BCUT2D eigenvalue weighted by atomic mass is 10.2. The molecule has 0 fully saturated rings.